The van der Waals surface area contributed by atoms with E-state index in [4.69, 9.17) is 14.4 Å². The average molecular weight is 1090 g/mol. The molecule has 350 valence electrons. The number of aromatic hydroxyl groups is 1. The van der Waals surface area contributed by atoms with E-state index in [0.717, 1.165) is 105 Å². The Morgan fingerprint density at radius 2 is 1.21 bits per heavy atom. The SMILES string of the molecule is CC(C)(C)c1ccc(-n2c(-c3cc(C(C)(C)C)cc(C(C)(C)C)c3O)nc3c(-c4[c-]c(-c5cc(-c6ccccc6)ccn5)c5oc6c7ccccc7ccc6c5c4)cccc32)c(-c2ccccc2)c1.[Pt]. The monoisotopic (exact) mass is 1090 g/mol. The summed E-state index contributed by atoms with van der Waals surface area (Å²) in [6.45, 7) is 19.9. The number of nitrogens with zero attached hydrogens (tertiary/aromatic N) is 3. The first-order valence-electron chi connectivity index (χ1n) is 24.0. The third-order valence-electron chi connectivity index (χ3n) is 13.7. The van der Waals surface area contributed by atoms with Crippen LogP contribution in [0.2, 0.25) is 0 Å². The molecule has 0 atom stereocenters. The minimum Gasteiger partial charge on any atom is -0.507 e. The smallest absolute Gasteiger partial charge is 0.148 e. The summed E-state index contributed by atoms with van der Waals surface area (Å²) in [4.78, 5) is 10.7. The quantitative estimate of drug-likeness (QED) is 0.169. The van der Waals surface area contributed by atoms with Gasteiger partial charge in [0.2, 0.25) is 0 Å². The number of rotatable bonds is 6. The van der Waals surface area contributed by atoms with Crippen LogP contribution in [0.25, 0.3) is 105 Å². The molecule has 0 spiro atoms. The topological polar surface area (TPSA) is 64.1 Å². The van der Waals surface area contributed by atoms with Crippen LogP contribution in [0.4, 0.5) is 0 Å². The minimum absolute atomic E-state index is 0. The van der Waals surface area contributed by atoms with Crippen molar-refractivity contribution in [3.8, 4) is 67.5 Å². The first-order valence-corrected chi connectivity index (χ1v) is 24.0. The van der Waals surface area contributed by atoms with Crippen LogP contribution in [-0.2, 0) is 37.3 Å². The molecule has 11 aromatic rings. The van der Waals surface area contributed by atoms with Crippen molar-refractivity contribution in [1.29, 1.82) is 0 Å². The molecule has 0 saturated heterocycles. The van der Waals surface area contributed by atoms with Crippen LogP contribution in [0, 0.1) is 6.07 Å². The first-order chi connectivity index (χ1) is 33.0. The van der Waals surface area contributed by atoms with Crippen molar-refractivity contribution >= 4 is 43.7 Å². The summed E-state index contributed by atoms with van der Waals surface area (Å²) in [5.41, 5.74) is 15.1. The number of aromatic nitrogens is 3. The molecule has 0 radical (unpaired) electrons. The Balaban J connectivity index is 0.00000567. The van der Waals surface area contributed by atoms with Gasteiger partial charge < -0.3 is 9.52 Å². The molecule has 3 aromatic heterocycles. The van der Waals surface area contributed by atoms with E-state index in [1.165, 1.54) is 5.56 Å². The number of imidazole rings is 1. The molecule has 70 heavy (non-hydrogen) atoms. The molecule has 11 rings (SSSR count). The maximum Gasteiger partial charge on any atom is 0.148 e. The minimum atomic E-state index is -0.350. The van der Waals surface area contributed by atoms with Crippen molar-refractivity contribution in [2.24, 2.45) is 0 Å². The van der Waals surface area contributed by atoms with Gasteiger partial charge in [-0.25, -0.2) is 4.98 Å². The van der Waals surface area contributed by atoms with Crippen molar-refractivity contribution in [1.82, 2.24) is 14.5 Å². The summed E-state index contributed by atoms with van der Waals surface area (Å²) in [6.07, 6.45) is 1.87. The maximum atomic E-state index is 12.6. The molecular weight excluding hydrogens is 1040 g/mol. The molecule has 0 aliphatic heterocycles. The van der Waals surface area contributed by atoms with E-state index in [1.54, 1.807) is 0 Å². The summed E-state index contributed by atoms with van der Waals surface area (Å²) in [6, 6.07) is 61.5. The first kappa shape index (κ1) is 46.6. The van der Waals surface area contributed by atoms with Gasteiger partial charge in [-0.1, -0.05) is 201 Å². The fourth-order valence-corrected chi connectivity index (χ4v) is 9.85. The largest absolute Gasteiger partial charge is 0.507 e. The standard InChI is InChI=1S/C64H56N3O2.Pt/c1-62(2,3)44-28-30-55(49(36-44)40-21-14-11-15-22-40)67-56-26-18-25-46(57(56)66-61(67)52-37-45(63(4,5)6)38-53(58(52)68)64(7,8)9)43-33-50-48-29-27-41-23-16-17-24-47(41)59(48)69-60(50)51(34-43)54-35-42(31-32-65-54)39-19-12-10-13-20-39;/h10-33,35-38,68H,1-9H3;/q-1;. The van der Waals surface area contributed by atoms with Gasteiger partial charge in [0.15, 0.2) is 0 Å². The second kappa shape index (κ2) is 17.4. The zero-order valence-corrected chi connectivity index (χ0v) is 43.5. The number of benzene rings is 8. The van der Waals surface area contributed by atoms with Gasteiger partial charge in [-0.2, -0.15) is 0 Å². The summed E-state index contributed by atoms with van der Waals surface area (Å²) in [7, 11) is 0. The molecule has 0 saturated carbocycles. The van der Waals surface area contributed by atoms with Gasteiger partial charge in [0.25, 0.3) is 0 Å². The van der Waals surface area contributed by atoms with E-state index < -0.39 is 0 Å². The molecule has 0 fully saturated rings. The van der Waals surface area contributed by atoms with Crippen LogP contribution in [0.15, 0.2) is 174 Å². The van der Waals surface area contributed by atoms with Gasteiger partial charge in [-0.15, -0.1) is 17.7 Å². The molecule has 6 heteroatoms. The number of pyridine rings is 1. The summed E-state index contributed by atoms with van der Waals surface area (Å²) < 4.78 is 9.24. The van der Waals surface area contributed by atoms with Gasteiger partial charge >= 0.3 is 0 Å². The fourth-order valence-electron chi connectivity index (χ4n) is 9.85. The zero-order valence-electron chi connectivity index (χ0n) is 41.2. The Morgan fingerprint density at radius 1 is 0.529 bits per heavy atom. The fraction of sp³-hybridized carbons (Fsp3) is 0.188. The van der Waals surface area contributed by atoms with Gasteiger partial charge in [0.05, 0.1) is 27.9 Å². The van der Waals surface area contributed by atoms with Crippen molar-refractivity contribution < 1.29 is 30.6 Å². The van der Waals surface area contributed by atoms with Gasteiger partial charge in [0.1, 0.15) is 17.2 Å². The molecule has 3 heterocycles. The van der Waals surface area contributed by atoms with Crippen molar-refractivity contribution in [3.05, 3.63) is 193 Å². The molecule has 0 aliphatic rings. The van der Waals surface area contributed by atoms with E-state index in [2.05, 4.69) is 225 Å². The Hall–Kier alpha value is -7.07. The summed E-state index contributed by atoms with van der Waals surface area (Å²) >= 11 is 0. The van der Waals surface area contributed by atoms with E-state index in [-0.39, 0.29) is 43.1 Å². The second-order valence-electron chi connectivity index (χ2n) is 21.6. The van der Waals surface area contributed by atoms with Crippen molar-refractivity contribution in [2.45, 2.75) is 78.6 Å². The van der Waals surface area contributed by atoms with E-state index in [0.29, 0.717) is 11.4 Å². The number of phenolic OH excluding ortho intramolecular Hbond substituents is 1. The molecular formula is C64H56N3O2Pt-. The predicted molar refractivity (Wildman–Crippen MR) is 287 cm³/mol. The van der Waals surface area contributed by atoms with Crippen LogP contribution in [-0.4, -0.2) is 19.6 Å². The Morgan fingerprint density at radius 3 is 1.93 bits per heavy atom. The number of fused-ring (bicyclic) bond motifs is 6. The maximum absolute atomic E-state index is 12.6. The normalized spacial score (nSPS) is 12.3. The molecule has 0 unspecified atom stereocenters. The second-order valence-corrected chi connectivity index (χ2v) is 21.6. The Kier molecular flexibility index (Phi) is 11.6. The summed E-state index contributed by atoms with van der Waals surface area (Å²) in [5, 5.41) is 16.8. The number of hydrogen-bond donors (Lipinski definition) is 1. The van der Waals surface area contributed by atoms with E-state index in [9.17, 15) is 5.11 Å². The number of phenols is 1. The van der Waals surface area contributed by atoms with Gasteiger partial charge in [0, 0.05) is 54.9 Å². The van der Waals surface area contributed by atoms with Crippen LogP contribution >= 0.6 is 0 Å². The number of furan rings is 1. The van der Waals surface area contributed by atoms with Crippen LogP contribution in [0.5, 0.6) is 5.75 Å². The van der Waals surface area contributed by atoms with Crippen LogP contribution in [0.3, 0.4) is 0 Å². The molecule has 5 nitrogen and oxygen atoms in total. The van der Waals surface area contributed by atoms with Crippen molar-refractivity contribution in [3.63, 3.8) is 0 Å². The Labute approximate surface area is 425 Å². The third-order valence-corrected chi connectivity index (χ3v) is 13.7. The average Bonchev–Trinajstić information content (AvgIpc) is 3.92. The molecule has 0 bridgehead atoms. The van der Waals surface area contributed by atoms with Gasteiger partial charge in [-0.05, 0) is 85.2 Å². The van der Waals surface area contributed by atoms with Crippen molar-refractivity contribution in [2.75, 3.05) is 0 Å². The molecule has 1 N–H and O–H groups in total. The van der Waals surface area contributed by atoms with E-state index in [1.807, 2.05) is 18.3 Å². The van der Waals surface area contributed by atoms with Crippen LogP contribution < -0.4 is 0 Å². The molecule has 0 aliphatic carbocycles. The molecule has 0 amide bonds. The van der Waals surface area contributed by atoms with Gasteiger partial charge in [-0.3, -0.25) is 9.55 Å². The number of para-hydroxylation sites is 1. The third kappa shape index (κ3) is 8.14. The Bertz CT molecular complexity index is 3790. The van der Waals surface area contributed by atoms with Crippen LogP contribution in [0.1, 0.15) is 79.0 Å². The predicted octanol–water partition coefficient (Wildman–Crippen LogP) is 17.2. The number of hydrogen-bond acceptors (Lipinski definition) is 4. The summed E-state index contributed by atoms with van der Waals surface area (Å²) in [5.74, 6) is 0.893. The zero-order chi connectivity index (χ0) is 48.0. The molecule has 8 aromatic carbocycles. The van der Waals surface area contributed by atoms with E-state index >= 15 is 0 Å².